The molecule has 1 aromatic heterocycles. The van der Waals surface area contributed by atoms with E-state index in [1.807, 2.05) is 26.2 Å². The molecule has 0 fully saturated rings. The van der Waals surface area contributed by atoms with Gasteiger partial charge in [-0.15, -0.1) is 11.3 Å². The number of nitrogens with zero attached hydrogens (tertiary/aromatic N) is 1. The smallest absolute Gasteiger partial charge is 0.110 e. The van der Waals surface area contributed by atoms with Gasteiger partial charge in [-0.25, -0.2) is 4.98 Å². The fourth-order valence-electron chi connectivity index (χ4n) is 1.22. The van der Waals surface area contributed by atoms with E-state index in [-0.39, 0.29) is 19.3 Å². The van der Waals surface area contributed by atoms with Crippen LogP contribution in [0.15, 0.2) is 5.38 Å². The highest BCUT2D eigenvalue weighted by Gasteiger charge is 2.23. The van der Waals surface area contributed by atoms with Crippen molar-refractivity contribution in [2.75, 3.05) is 19.8 Å². The minimum atomic E-state index is -0.472. The summed E-state index contributed by atoms with van der Waals surface area (Å²) >= 11 is 1.62. The third-order valence-corrected chi connectivity index (χ3v) is 3.75. The quantitative estimate of drug-likeness (QED) is 0.701. The maximum Gasteiger partial charge on any atom is 0.110 e. The van der Waals surface area contributed by atoms with Crippen LogP contribution in [-0.2, 0) is 0 Å². The molecule has 1 heterocycles. The Hall–Kier alpha value is -0.490. The number of aromatic nitrogens is 1. The van der Waals surface area contributed by atoms with Crippen molar-refractivity contribution in [3.05, 3.63) is 16.1 Å². The summed E-state index contributed by atoms with van der Waals surface area (Å²) in [5, 5.41) is 24.7. The topological polar surface area (TPSA) is 65.4 Å². The van der Waals surface area contributed by atoms with Gasteiger partial charge in [-0.3, -0.25) is 0 Å². The van der Waals surface area contributed by atoms with Crippen LogP contribution in [0.1, 0.15) is 30.6 Å². The molecule has 16 heavy (non-hydrogen) atoms. The second-order valence-electron chi connectivity index (χ2n) is 4.56. The van der Waals surface area contributed by atoms with Gasteiger partial charge in [-0.2, -0.15) is 0 Å². The van der Waals surface area contributed by atoms with Crippen LogP contribution in [-0.4, -0.2) is 35.0 Å². The van der Waals surface area contributed by atoms with E-state index in [9.17, 15) is 0 Å². The lowest BCUT2D eigenvalue weighted by atomic mass is 9.93. The Labute approximate surface area is 100 Å². The number of thiazole rings is 1. The molecule has 0 amide bonds. The van der Waals surface area contributed by atoms with Crippen LogP contribution in [0.4, 0.5) is 0 Å². The Morgan fingerprint density at radius 1 is 1.50 bits per heavy atom. The molecular formula is C11H20N2O2S. The summed E-state index contributed by atoms with van der Waals surface area (Å²) in [5.74, 6) is 0. The van der Waals surface area contributed by atoms with Gasteiger partial charge in [0.25, 0.3) is 0 Å². The molecule has 1 aromatic rings. The summed E-state index contributed by atoms with van der Waals surface area (Å²) < 4.78 is 0. The maximum atomic E-state index is 9.16. The molecule has 0 aliphatic heterocycles. The highest BCUT2D eigenvalue weighted by Crippen LogP contribution is 2.19. The first kappa shape index (κ1) is 13.6. The van der Waals surface area contributed by atoms with Gasteiger partial charge in [-0.05, 0) is 13.8 Å². The summed E-state index contributed by atoms with van der Waals surface area (Å²) in [4.78, 5) is 4.39. The molecule has 0 radical (unpaired) electrons. The van der Waals surface area contributed by atoms with Crippen molar-refractivity contribution in [2.45, 2.75) is 26.8 Å². The molecule has 3 N–H and O–H groups in total. The molecule has 0 bridgehead atoms. The zero-order valence-corrected chi connectivity index (χ0v) is 10.8. The number of hydrogen-bond donors (Lipinski definition) is 3. The van der Waals surface area contributed by atoms with Gasteiger partial charge in [0.05, 0.1) is 19.3 Å². The van der Waals surface area contributed by atoms with Gasteiger partial charge in [0.2, 0.25) is 0 Å². The standard InChI is InChI=1S/C11H20N2O2S/c1-8-4-16-10(13-8)9(2)12-5-11(3,6-14)7-15/h4,9,12,14-15H,5-7H2,1-3H3. The molecule has 0 aliphatic rings. The number of aryl methyl sites for hydroxylation is 1. The van der Waals surface area contributed by atoms with E-state index in [0.717, 1.165) is 10.7 Å². The molecule has 0 saturated heterocycles. The molecule has 5 heteroatoms. The van der Waals surface area contributed by atoms with E-state index in [1.54, 1.807) is 11.3 Å². The highest BCUT2D eigenvalue weighted by atomic mass is 32.1. The van der Waals surface area contributed by atoms with Crippen molar-refractivity contribution in [2.24, 2.45) is 5.41 Å². The normalized spacial score (nSPS) is 14.1. The third kappa shape index (κ3) is 3.52. The number of aliphatic hydroxyl groups excluding tert-OH is 2. The minimum absolute atomic E-state index is 0.0277. The Morgan fingerprint density at radius 2 is 2.12 bits per heavy atom. The SMILES string of the molecule is Cc1csc(C(C)NCC(C)(CO)CO)n1. The lowest BCUT2D eigenvalue weighted by Crippen LogP contribution is -2.38. The fraction of sp³-hybridized carbons (Fsp3) is 0.727. The van der Waals surface area contributed by atoms with Crippen molar-refractivity contribution in [3.8, 4) is 0 Å². The predicted molar refractivity (Wildman–Crippen MR) is 65.5 cm³/mol. The minimum Gasteiger partial charge on any atom is -0.396 e. The number of nitrogens with one attached hydrogen (secondary N) is 1. The number of aliphatic hydroxyl groups is 2. The van der Waals surface area contributed by atoms with Crippen molar-refractivity contribution in [1.29, 1.82) is 0 Å². The average Bonchev–Trinajstić information content (AvgIpc) is 2.72. The van der Waals surface area contributed by atoms with Crippen LogP contribution >= 0.6 is 11.3 Å². The summed E-state index contributed by atoms with van der Waals surface area (Å²) in [6, 6.07) is 0.149. The summed E-state index contributed by atoms with van der Waals surface area (Å²) in [6.45, 7) is 6.37. The van der Waals surface area contributed by atoms with Crippen molar-refractivity contribution < 1.29 is 10.2 Å². The van der Waals surface area contributed by atoms with Gasteiger partial charge in [0.1, 0.15) is 5.01 Å². The summed E-state index contributed by atoms with van der Waals surface area (Å²) in [5.41, 5.74) is 0.557. The van der Waals surface area contributed by atoms with E-state index in [1.165, 1.54) is 0 Å². The first-order chi connectivity index (χ1) is 7.50. The Bertz CT molecular complexity index is 324. The van der Waals surface area contributed by atoms with E-state index in [2.05, 4.69) is 10.3 Å². The monoisotopic (exact) mass is 244 g/mol. The Kier molecular flexibility index (Phi) is 4.86. The fourth-order valence-corrected chi connectivity index (χ4v) is 2.05. The van der Waals surface area contributed by atoms with Crippen LogP contribution in [0.2, 0.25) is 0 Å². The molecule has 4 nitrogen and oxygen atoms in total. The van der Waals surface area contributed by atoms with E-state index < -0.39 is 5.41 Å². The molecule has 0 spiro atoms. The lowest BCUT2D eigenvalue weighted by Gasteiger charge is -2.26. The van der Waals surface area contributed by atoms with Crippen LogP contribution in [0.25, 0.3) is 0 Å². The summed E-state index contributed by atoms with van der Waals surface area (Å²) in [7, 11) is 0. The largest absolute Gasteiger partial charge is 0.396 e. The average molecular weight is 244 g/mol. The van der Waals surface area contributed by atoms with Crippen molar-refractivity contribution in [1.82, 2.24) is 10.3 Å². The van der Waals surface area contributed by atoms with E-state index >= 15 is 0 Å². The van der Waals surface area contributed by atoms with E-state index in [0.29, 0.717) is 6.54 Å². The second kappa shape index (κ2) is 5.72. The maximum absolute atomic E-state index is 9.16. The zero-order chi connectivity index (χ0) is 12.2. The molecule has 92 valence electrons. The number of rotatable bonds is 6. The van der Waals surface area contributed by atoms with Crippen LogP contribution in [0.3, 0.4) is 0 Å². The van der Waals surface area contributed by atoms with Crippen LogP contribution in [0.5, 0.6) is 0 Å². The predicted octanol–water partition coefficient (Wildman–Crippen LogP) is 1.09. The zero-order valence-electron chi connectivity index (χ0n) is 10.0. The second-order valence-corrected chi connectivity index (χ2v) is 5.45. The summed E-state index contributed by atoms with van der Waals surface area (Å²) in [6.07, 6.45) is 0. The van der Waals surface area contributed by atoms with Gasteiger partial charge < -0.3 is 15.5 Å². The molecule has 0 saturated carbocycles. The molecule has 0 aromatic carbocycles. The molecule has 1 unspecified atom stereocenters. The van der Waals surface area contributed by atoms with Gasteiger partial charge >= 0.3 is 0 Å². The molecule has 0 aliphatic carbocycles. The van der Waals surface area contributed by atoms with Gasteiger partial charge in [0, 0.05) is 23.0 Å². The van der Waals surface area contributed by atoms with Crippen molar-refractivity contribution >= 4 is 11.3 Å². The van der Waals surface area contributed by atoms with Crippen LogP contribution < -0.4 is 5.32 Å². The molecule has 1 atom stereocenters. The van der Waals surface area contributed by atoms with Crippen LogP contribution in [0, 0.1) is 12.3 Å². The van der Waals surface area contributed by atoms with E-state index in [4.69, 9.17) is 10.2 Å². The molecular weight excluding hydrogens is 224 g/mol. The third-order valence-electron chi connectivity index (χ3n) is 2.61. The Morgan fingerprint density at radius 3 is 2.56 bits per heavy atom. The number of hydrogen-bond acceptors (Lipinski definition) is 5. The van der Waals surface area contributed by atoms with Crippen molar-refractivity contribution in [3.63, 3.8) is 0 Å². The van der Waals surface area contributed by atoms with Gasteiger partial charge in [-0.1, -0.05) is 6.92 Å². The highest BCUT2D eigenvalue weighted by molar-refractivity contribution is 7.09. The molecule has 1 rings (SSSR count). The Balaban J connectivity index is 2.49. The first-order valence-corrected chi connectivity index (χ1v) is 6.26. The first-order valence-electron chi connectivity index (χ1n) is 5.38. The van der Waals surface area contributed by atoms with Gasteiger partial charge in [0.15, 0.2) is 0 Å². The lowest BCUT2D eigenvalue weighted by molar-refractivity contribution is 0.0677.